The van der Waals surface area contributed by atoms with Crippen molar-refractivity contribution in [2.45, 2.75) is 46.0 Å². The largest absolute Gasteiger partial charge is 0.299 e. The number of ketones is 2. The van der Waals surface area contributed by atoms with Crippen LogP contribution in [0.1, 0.15) is 50.7 Å². The number of rotatable bonds is 3. The van der Waals surface area contributed by atoms with Crippen LogP contribution in [0.4, 0.5) is 8.78 Å². The van der Waals surface area contributed by atoms with Crippen LogP contribution >= 0.6 is 11.6 Å². The number of halogens is 3. The van der Waals surface area contributed by atoms with Gasteiger partial charge >= 0.3 is 0 Å². The first-order valence-electron chi connectivity index (χ1n) is 8.96. The molecule has 5 heteroatoms. The number of carbonyl (C=O) groups is 2. The third-order valence-electron chi connectivity index (χ3n) is 5.13. The van der Waals surface area contributed by atoms with Gasteiger partial charge in [-0.3, -0.25) is 9.59 Å². The lowest BCUT2D eigenvalue weighted by atomic mass is 9.69. The van der Waals surface area contributed by atoms with Crippen molar-refractivity contribution in [3.63, 3.8) is 0 Å². The summed E-state index contributed by atoms with van der Waals surface area (Å²) in [6.45, 7) is 5.74. The highest BCUT2D eigenvalue weighted by atomic mass is 35.5. The molecular formula is C22H21ClF2O2. The third-order valence-corrected chi connectivity index (χ3v) is 5.43. The maximum absolute atomic E-state index is 14.4. The summed E-state index contributed by atoms with van der Waals surface area (Å²) in [6.07, 6.45) is 1.27. The van der Waals surface area contributed by atoms with Crippen molar-refractivity contribution in [3.8, 4) is 11.1 Å². The number of carbonyl (C=O) groups excluding carboxylic acids is 2. The Morgan fingerprint density at radius 2 is 1.67 bits per heavy atom. The smallest absolute Gasteiger partial charge is 0.178 e. The van der Waals surface area contributed by atoms with Gasteiger partial charge in [-0.25, -0.2) is 8.78 Å². The Labute approximate surface area is 162 Å². The minimum Gasteiger partial charge on any atom is -0.299 e. The molecule has 1 fully saturated rings. The van der Waals surface area contributed by atoms with E-state index in [1.165, 1.54) is 12.1 Å². The molecular weight excluding hydrogens is 370 g/mol. The molecule has 0 bridgehead atoms. The van der Waals surface area contributed by atoms with E-state index < -0.39 is 17.6 Å². The molecule has 1 saturated carbocycles. The van der Waals surface area contributed by atoms with E-state index in [0.717, 1.165) is 5.56 Å². The van der Waals surface area contributed by atoms with Gasteiger partial charge in [0.1, 0.15) is 17.5 Å². The lowest BCUT2D eigenvalue weighted by molar-refractivity contribution is -0.135. The summed E-state index contributed by atoms with van der Waals surface area (Å²) < 4.78 is 28.2. The first-order valence-corrected chi connectivity index (χ1v) is 9.34. The van der Waals surface area contributed by atoms with Crippen molar-refractivity contribution in [1.82, 2.24) is 0 Å². The van der Waals surface area contributed by atoms with E-state index in [-0.39, 0.29) is 27.6 Å². The van der Waals surface area contributed by atoms with E-state index in [1.807, 2.05) is 20.8 Å². The van der Waals surface area contributed by atoms with Crippen molar-refractivity contribution in [1.29, 1.82) is 0 Å². The van der Waals surface area contributed by atoms with Gasteiger partial charge in [0.05, 0.1) is 5.02 Å². The molecule has 2 nitrogen and oxygen atoms in total. The molecule has 0 N–H and O–H groups in total. The van der Waals surface area contributed by atoms with Crippen LogP contribution in [0.2, 0.25) is 5.02 Å². The number of hydrogen-bond donors (Lipinski definition) is 0. The molecule has 0 heterocycles. The standard InChI is InChI=1S/C22H21ClF2O2/c1-4-12-5-6-13(14-7-8-16(23)21(25)20(14)24)9-15(12)19-17(26)10-22(2,3)11-18(19)27/h5-9,19H,4,10-11H2,1-3H3. The highest BCUT2D eigenvalue weighted by molar-refractivity contribution is 6.30. The van der Waals surface area contributed by atoms with Crippen molar-refractivity contribution in [2.24, 2.45) is 5.41 Å². The molecule has 3 rings (SSSR count). The number of Topliss-reactive ketones (excluding diaryl/α,β-unsaturated/α-hetero) is 2. The van der Waals surface area contributed by atoms with Gasteiger partial charge in [0.25, 0.3) is 0 Å². The summed E-state index contributed by atoms with van der Waals surface area (Å²) in [7, 11) is 0. The highest BCUT2D eigenvalue weighted by Crippen LogP contribution is 2.40. The van der Waals surface area contributed by atoms with Crippen LogP contribution in [0.5, 0.6) is 0 Å². The van der Waals surface area contributed by atoms with E-state index >= 15 is 0 Å². The van der Waals surface area contributed by atoms with Crippen LogP contribution in [-0.4, -0.2) is 11.6 Å². The summed E-state index contributed by atoms with van der Waals surface area (Å²) >= 11 is 5.63. The summed E-state index contributed by atoms with van der Waals surface area (Å²) in [4.78, 5) is 25.5. The quantitative estimate of drug-likeness (QED) is 0.483. The van der Waals surface area contributed by atoms with Crippen LogP contribution < -0.4 is 0 Å². The molecule has 0 unspecified atom stereocenters. The van der Waals surface area contributed by atoms with E-state index in [9.17, 15) is 18.4 Å². The molecule has 2 aromatic rings. The summed E-state index contributed by atoms with van der Waals surface area (Å²) in [5, 5.41) is -0.290. The van der Waals surface area contributed by atoms with Crippen LogP contribution in [-0.2, 0) is 16.0 Å². The van der Waals surface area contributed by atoms with Gasteiger partial charge in [-0.15, -0.1) is 0 Å². The average Bonchev–Trinajstić information content (AvgIpc) is 2.58. The normalized spacial score (nSPS) is 17.4. The van der Waals surface area contributed by atoms with Crippen molar-refractivity contribution >= 4 is 23.2 Å². The Bertz CT molecular complexity index is 914. The van der Waals surface area contributed by atoms with Gasteiger partial charge in [-0.2, -0.15) is 0 Å². The molecule has 0 aromatic heterocycles. The van der Waals surface area contributed by atoms with Gasteiger partial charge in [0.2, 0.25) is 0 Å². The summed E-state index contributed by atoms with van der Waals surface area (Å²) in [5.74, 6) is -3.23. The Morgan fingerprint density at radius 1 is 1.04 bits per heavy atom. The molecule has 142 valence electrons. The maximum Gasteiger partial charge on any atom is 0.178 e. The highest BCUT2D eigenvalue weighted by Gasteiger charge is 2.41. The minimum absolute atomic E-state index is 0.0526. The molecule has 1 aliphatic carbocycles. The van der Waals surface area contributed by atoms with Crippen LogP contribution in [0.25, 0.3) is 11.1 Å². The Morgan fingerprint density at radius 3 is 2.26 bits per heavy atom. The monoisotopic (exact) mass is 390 g/mol. The Hall–Kier alpha value is -2.07. The predicted molar refractivity (Wildman–Crippen MR) is 102 cm³/mol. The summed E-state index contributed by atoms with van der Waals surface area (Å²) in [5.41, 5.74) is 1.58. The van der Waals surface area contributed by atoms with Gasteiger partial charge in [0, 0.05) is 18.4 Å². The van der Waals surface area contributed by atoms with Crippen LogP contribution in [0, 0.1) is 17.0 Å². The molecule has 0 amide bonds. The summed E-state index contributed by atoms with van der Waals surface area (Å²) in [6, 6.07) is 7.79. The molecule has 27 heavy (non-hydrogen) atoms. The first kappa shape index (κ1) is 19.7. The predicted octanol–water partition coefficient (Wildman–Crippen LogP) is 5.89. The maximum atomic E-state index is 14.4. The molecule has 1 aliphatic rings. The molecule has 0 radical (unpaired) electrons. The zero-order valence-corrected chi connectivity index (χ0v) is 16.3. The first-order chi connectivity index (χ1) is 12.6. The van der Waals surface area contributed by atoms with Crippen LogP contribution in [0.15, 0.2) is 30.3 Å². The fraction of sp³-hybridized carbons (Fsp3) is 0.364. The number of benzene rings is 2. The second kappa shape index (κ2) is 7.16. The second-order valence-electron chi connectivity index (χ2n) is 7.87. The molecule has 0 aliphatic heterocycles. The van der Waals surface area contributed by atoms with E-state index in [2.05, 4.69) is 0 Å². The molecule has 2 aromatic carbocycles. The minimum atomic E-state index is -1.11. The SMILES string of the molecule is CCc1ccc(-c2ccc(Cl)c(F)c2F)cc1C1C(=O)CC(C)(C)CC1=O. The lowest BCUT2D eigenvalue weighted by Crippen LogP contribution is -2.36. The average molecular weight is 391 g/mol. The van der Waals surface area contributed by atoms with Gasteiger partial charge in [0.15, 0.2) is 11.6 Å². The van der Waals surface area contributed by atoms with Crippen LogP contribution in [0.3, 0.4) is 0 Å². The van der Waals surface area contributed by atoms with E-state index in [0.29, 0.717) is 30.4 Å². The van der Waals surface area contributed by atoms with Gasteiger partial charge in [-0.05, 0) is 46.7 Å². The van der Waals surface area contributed by atoms with Crippen molar-refractivity contribution < 1.29 is 18.4 Å². The fourth-order valence-corrected chi connectivity index (χ4v) is 3.98. The second-order valence-corrected chi connectivity index (χ2v) is 8.28. The van der Waals surface area contributed by atoms with E-state index in [4.69, 9.17) is 11.6 Å². The van der Waals surface area contributed by atoms with Crippen molar-refractivity contribution in [2.75, 3.05) is 0 Å². The number of hydrogen-bond acceptors (Lipinski definition) is 2. The van der Waals surface area contributed by atoms with E-state index in [1.54, 1.807) is 18.2 Å². The van der Waals surface area contributed by atoms with Gasteiger partial charge in [-0.1, -0.05) is 44.5 Å². The Kier molecular flexibility index (Phi) is 5.22. The Balaban J connectivity index is 2.12. The van der Waals surface area contributed by atoms with Crippen molar-refractivity contribution in [3.05, 3.63) is 58.1 Å². The zero-order chi connectivity index (χ0) is 19.9. The molecule has 0 saturated heterocycles. The lowest BCUT2D eigenvalue weighted by Gasteiger charge is -2.33. The van der Waals surface area contributed by atoms with Gasteiger partial charge < -0.3 is 0 Å². The molecule has 0 spiro atoms. The third kappa shape index (κ3) is 3.68. The fourth-order valence-electron chi connectivity index (χ4n) is 3.84. The number of aryl methyl sites for hydroxylation is 1. The molecule has 0 atom stereocenters. The topological polar surface area (TPSA) is 34.1 Å². The zero-order valence-electron chi connectivity index (χ0n) is 15.5.